The van der Waals surface area contributed by atoms with Crippen LogP contribution in [-0.4, -0.2) is 5.11 Å². The van der Waals surface area contributed by atoms with E-state index in [1.807, 2.05) is 6.08 Å². The van der Waals surface area contributed by atoms with Crippen molar-refractivity contribution in [3.8, 4) is 0 Å². The summed E-state index contributed by atoms with van der Waals surface area (Å²) < 4.78 is 0. The van der Waals surface area contributed by atoms with E-state index in [-0.39, 0.29) is 0 Å². The van der Waals surface area contributed by atoms with Crippen LogP contribution in [0, 0.1) is 5.92 Å². The van der Waals surface area contributed by atoms with E-state index < -0.39 is 0 Å². The fourth-order valence-electron chi connectivity index (χ4n) is 2.48. The predicted octanol–water partition coefficient (Wildman–Crippen LogP) is 6.79. The van der Waals surface area contributed by atoms with Gasteiger partial charge in [-0.15, -0.1) is 0 Å². The molecule has 1 N–H and O–H groups in total. The molecule has 0 heterocycles. The molecule has 0 bridgehead atoms. The molecule has 0 aromatic heterocycles. The lowest BCUT2D eigenvalue weighted by Crippen LogP contribution is -1.87. The van der Waals surface area contributed by atoms with E-state index in [1.165, 1.54) is 83.3 Å². The summed E-state index contributed by atoms with van der Waals surface area (Å²) >= 11 is 0. The molecule has 0 aliphatic carbocycles. The molecule has 19 heavy (non-hydrogen) atoms. The Hall–Kier alpha value is -0.460. The second-order valence-corrected chi connectivity index (χ2v) is 6.25. The number of hydrogen-bond acceptors (Lipinski definition) is 1. The molecule has 114 valence electrons. The predicted molar refractivity (Wildman–Crippen MR) is 86.6 cm³/mol. The summed E-state index contributed by atoms with van der Waals surface area (Å²) in [6.07, 6.45) is 20.8. The number of unbranched alkanes of at least 4 members (excludes halogenated alkanes) is 11. The van der Waals surface area contributed by atoms with E-state index in [9.17, 15) is 0 Å². The molecule has 0 aromatic carbocycles. The summed E-state index contributed by atoms with van der Waals surface area (Å²) in [6.45, 7) is 4.64. The highest BCUT2D eigenvalue weighted by Gasteiger charge is 1.95. The molecule has 0 fully saturated rings. The van der Waals surface area contributed by atoms with Gasteiger partial charge in [-0.25, -0.2) is 0 Å². The van der Waals surface area contributed by atoms with Gasteiger partial charge in [0.25, 0.3) is 0 Å². The van der Waals surface area contributed by atoms with E-state index >= 15 is 0 Å². The molecule has 0 unspecified atom stereocenters. The Morgan fingerprint density at radius 2 is 1.11 bits per heavy atom. The van der Waals surface area contributed by atoms with Gasteiger partial charge in [0.05, 0.1) is 6.26 Å². The zero-order chi connectivity index (χ0) is 14.2. The van der Waals surface area contributed by atoms with Crippen molar-refractivity contribution < 1.29 is 5.11 Å². The topological polar surface area (TPSA) is 20.2 Å². The number of aliphatic hydroxyl groups is 1. The maximum Gasteiger partial charge on any atom is 0.0751 e. The summed E-state index contributed by atoms with van der Waals surface area (Å²) in [6, 6.07) is 0. The molecule has 0 aliphatic rings. The van der Waals surface area contributed by atoms with Crippen molar-refractivity contribution >= 4 is 0 Å². The quantitative estimate of drug-likeness (QED) is 0.272. The monoisotopic (exact) mass is 268 g/mol. The third-order valence-corrected chi connectivity index (χ3v) is 3.76. The van der Waals surface area contributed by atoms with Crippen molar-refractivity contribution in [1.82, 2.24) is 0 Å². The van der Waals surface area contributed by atoms with Crippen LogP contribution in [0.1, 0.15) is 97.3 Å². The Morgan fingerprint density at radius 1 is 0.684 bits per heavy atom. The Kier molecular flexibility index (Phi) is 15.2. The molecular formula is C18H36O. The fourth-order valence-corrected chi connectivity index (χ4v) is 2.48. The molecule has 0 amide bonds. The molecule has 1 heteroatoms. The smallest absolute Gasteiger partial charge is 0.0751 e. The molecule has 0 saturated heterocycles. The van der Waals surface area contributed by atoms with Crippen LogP contribution in [0.3, 0.4) is 0 Å². The van der Waals surface area contributed by atoms with Gasteiger partial charge in [0.15, 0.2) is 0 Å². The Labute approximate surface area is 121 Å². The number of aliphatic hydroxyl groups excluding tert-OH is 1. The lowest BCUT2D eigenvalue weighted by molar-refractivity contribution is 0.469. The standard InChI is InChI=1S/C18H36O/c1-18(2)16-14-12-10-8-6-4-3-5-7-9-11-13-15-17-19/h15,17-19H,3-14,16H2,1-2H3. The average Bonchev–Trinajstić information content (AvgIpc) is 2.39. The molecule has 0 radical (unpaired) electrons. The minimum atomic E-state index is 0.882. The van der Waals surface area contributed by atoms with Crippen LogP contribution in [0.2, 0.25) is 0 Å². The first kappa shape index (κ1) is 18.5. The largest absolute Gasteiger partial charge is 0.516 e. The molecule has 0 saturated carbocycles. The molecule has 1 nitrogen and oxygen atoms in total. The first-order valence-electron chi connectivity index (χ1n) is 8.56. The van der Waals surface area contributed by atoms with Gasteiger partial charge < -0.3 is 5.11 Å². The van der Waals surface area contributed by atoms with E-state index in [0.29, 0.717) is 0 Å². The molecular weight excluding hydrogens is 232 g/mol. The van der Waals surface area contributed by atoms with Gasteiger partial charge in [0, 0.05) is 0 Å². The third-order valence-electron chi connectivity index (χ3n) is 3.76. The van der Waals surface area contributed by atoms with Gasteiger partial charge in [-0.2, -0.15) is 0 Å². The zero-order valence-corrected chi connectivity index (χ0v) is 13.4. The maximum atomic E-state index is 8.49. The third kappa shape index (κ3) is 17.5. The second kappa shape index (κ2) is 15.6. The second-order valence-electron chi connectivity index (χ2n) is 6.25. The van der Waals surface area contributed by atoms with Gasteiger partial charge >= 0.3 is 0 Å². The van der Waals surface area contributed by atoms with Crippen LogP contribution in [0.15, 0.2) is 12.3 Å². The molecule has 0 rings (SSSR count). The summed E-state index contributed by atoms with van der Waals surface area (Å²) in [5.41, 5.74) is 0. The highest BCUT2D eigenvalue weighted by atomic mass is 16.2. The SMILES string of the molecule is CC(C)CCCCCCCCCCCCCC=CO. The van der Waals surface area contributed by atoms with E-state index in [2.05, 4.69) is 13.8 Å². The van der Waals surface area contributed by atoms with Crippen molar-refractivity contribution in [1.29, 1.82) is 0 Å². The van der Waals surface area contributed by atoms with Gasteiger partial charge in [-0.05, 0) is 18.8 Å². The lowest BCUT2D eigenvalue weighted by atomic mass is 10.0. The normalized spacial score (nSPS) is 11.7. The van der Waals surface area contributed by atoms with Crippen LogP contribution < -0.4 is 0 Å². The Balaban J connectivity index is 2.95. The van der Waals surface area contributed by atoms with Crippen molar-refractivity contribution in [2.45, 2.75) is 97.3 Å². The number of allylic oxidation sites excluding steroid dienone is 1. The number of hydrogen-bond donors (Lipinski definition) is 1. The Morgan fingerprint density at radius 3 is 1.53 bits per heavy atom. The van der Waals surface area contributed by atoms with E-state index in [4.69, 9.17) is 5.11 Å². The Bertz CT molecular complexity index is 184. The summed E-state index contributed by atoms with van der Waals surface area (Å²) in [5.74, 6) is 0.882. The number of rotatable bonds is 14. The molecule has 0 aromatic rings. The van der Waals surface area contributed by atoms with Crippen molar-refractivity contribution in [2.75, 3.05) is 0 Å². The summed E-state index contributed by atoms with van der Waals surface area (Å²) in [5, 5.41) is 8.49. The van der Waals surface area contributed by atoms with Crippen LogP contribution in [-0.2, 0) is 0 Å². The average molecular weight is 268 g/mol. The maximum absolute atomic E-state index is 8.49. The van der Waals surface area contributed by atoms with Gasteiger partial charge in [-0.3, -0.25) is 0 Å². The molecule has 0 spiro atoms. The minimum absolute atomic E-state index is 0.882. The highest BCUT2D eigenvalue weighted by Crippen LogP contribution is 2.14. The first-order valence-corrected chi connectivity index (χ1v) is 8.56. The van der Waals surface area contributed by atoms with Crippen molar-refractivity contribution in [3.63, 3.8) is 0 Å². The van der Waals surface area contributed by atoms with Crippen LogP contribution >= 0.6 is 0 Å². The van der Waals surface area contributed by atoms with Crippen molar-refractivity contribution in [2.24, 2.45) is 5.92 Å². The fraction of sp³-hybridized carbons (Fsp3) is 0.889. The summed E-state index contributed by atoms with van der Waals surface area (Å²) in [7, 11) is 0. The van der Waals surface area contributed by atoms with Crippen LogP contribution in [0.5, 0.6) is 0 Å². The zero-order valence-electron chi connectivity index (χ0n) is 13.4. The van der Waals surface area contributed by atoms with Crippen LogP contribution in [0.25, 0.3) is 0 Å². The van der Waals surface area contributed by atoms with Crippen molar-refractivity contribution in [3.05, 3.63) is 12.3 Å². The lowest BCUT2D eigenvalue weighted by Gasteiger charge is -2.04. The summed E-state index contributed by atoms with van der Waals surface area (Å²) in [4.78, 5) is 0. The first-order chi connectivity index (χ1) is 9.27. The van der Waals surface area contributed by atoms with E-state index in [0.717, 1.165) is 12.3 Å². The van der Waals surface area contributed by atoms with Gasteiger partial charge in [0.1, 0.15) is 0 Å². The van der Waals surface area contributed by atoms with Crippen LogP contribution in [0.4, 0.5) is 0 Å². The molecule has 0 aliphatic heterocycles. The van der Waals surface area contributed by atoms with E-state index in [1.54, 1.807) is 0 Å². The van der Waals surface area contributed by atoms with Gasteiger partial charge in [0.2, 0.25) is 0 Å². The molecule has 0 atom stereocenters. The highest BCUT2D eigenvalue weighted by molar-refractivity contribution is 4.70. The minimum Gasteiger partial charge on any atom is -0.516 e. The van der Waals surface area contributed by atoms with Gasteiger partial charge in [-0.1, -0.05) is 90.6 Å².